The molecule has 0 bridgehead atoms. The van der Waals surface area contributed by atoms with E-state index in [0.29, 0.717) is 5.75 Å². The molecule has 0 saturated heterocycles. The quantitative estimate of drug-likeness (QED) is 0.771. The molecule has 0 spiro atoms. The van der Waals surface area contributed by atoms with Gasteiger partial charge >= 0.3 is 0 Å². The number of benzene rings is 2. The summed E-state index contributed by atoms with van der Waals surface area (Å²) in [4.78, 5) is 0.913. The average molecular weight is 216 g/mol. The number of aromatic hydroxyl groups is 1. The van der Waals surface area contributed by atoms with E-state index in [1.807, 2.05) is 54.8 Å². The predicted octanol–water partition coefficient (Wildman–Crippen LogP) is 3.78. The first-order valence-corrected chi connectivity index (χ1v) is 5.97. The summed E-state index contributed by atoms with van der Waals surface area (Å²) in [6.07, 6.45) is 1.96. The molecule has 15 heavy (non-hydrogen) atoms. The average Bonchev–Trinajstić information content (AvgIpc) is 2.30. The first-order valence-electron chi connectivity index (χ1n) is 4.74. The molecule has 0 unspecified atom stereocenters. The molecule has 2 rings (SSSR count). The molecule has 0 aliphatic heterocycles. The third-order valence-electron chi connectivity index (χ3n) is 2.30. The molecule has 1 N–H and O–H groups in total. The number of rotatable bonds is 2. The summed E-state index contributed by atoms with van der Waals surface area (Å²) >= 11 is 1.55. The minimum Gasteiger partial charge on any atom is -0.506 e. The number of hydrogen-bond donors (Lipinski definition) is 1. The van der Waals surface area contributed by atoms with Crippen molar-refractivity contribution in [1.29, 1.82) is 0 Å². The van der Waals surface area contributed by atoms with Crippen LogP contribution in [0.25, 0.3) is 11.1 Å². The summed E-state index contributed by atoms with van der Waals surface area (Å²) in [7, 11) is 0. The van der Waals surface area contributed by atoms with Crippen molar-refractivity contribution in [2.24, 2.45) is 0 Å². The number of phenols is 1. The molecule has 2 heteroatoms. The van der Waals surface area contributed by atoms with Crippen molar-refractivity contribution in [1.82, 2.24) is 0 Å². The third kappa shape index (κ3) is 2.00. The lowest BCUT2D eigenvalue weighted by atomic mass is 10.1. The minimum absolute atomic E-state index is 0.371. The van der Waals surface area contributed by atoms with Crippen LogP contribution in [0.5, 0.6) is 5.75 Å². The fourth-order valence-corrected chi connectivity index (χ4v) is 2.06. The molecule has 0 radical (unpaired) electrons. The fourth-order valence-electron chi connectivity index (χ4n) is 1.54. The van der Waals surface area contributed by atoms with Crippen LogP contribution in [0.4, 0.5) is 0 Å². The van der Waals surface area contributed by atoms with Crippen LogP contribution in [0.2, 0.25) is 0 Å². The first-order chi connectivity index (χ1) is 7.33. The Balaban J connectivity index is 2.54. The standard InChI is InChI=1S/C13H12OS/c1-15-12-9-5-8-11(13(12)14)10-6-3-2-4-7-10/h2-9,14H,1H3. The molecule has 0 fully saturated rings. The number of phenolic OH excluding ortho intramolecular Hbond substituents is 1. The Morgan fingerprint density at radius 1 is 0.933 bits per heavy atom. The highest BCUT2D eigenvalue weighted by Crippen LogP contribution is 2.36. The van der Waals surface area contributed by atoms with Crippen LogP contribution < -0.4 is 0 Å². The van der Waals surface area contributed by atoms with Gasteiger partial charge in [-0.25, -0.2) is 0 Å². The van der Waals surface area contributed by atoms with E-state index in [-0.39, 0.29) is 0 Å². The van der Waals surface area contributed by atoms with Gasteiger partial charge in [-0.3, -0.25) is 0 Å². The van der Waals surface area contributed by atoms with E-state index in [1.165, 1.54) is 0 Å². The summed E-state index contributed by atoms with van der Waals surface area (Å²) in [6.45, 7) is 0. The lowest BCUT2D eigenvalue weighted by Gasteiger charge is -2.07. The second-order valence-corrected chi connectivity index (χ2v) is 4.07. The van der Waals surface area contributed by atoms with Crippen LogP contribution in [0.15, 0.2) is 53.4 Å². The summed E-state index contributed by atoms with van der Waals surface area (Å²) in [5.74, 6) is 0.371. The zero-order chi connectivity index (χ0) is 10.7. The maximum Gasteiger partial charge on any atom is 0.136 e. The van der Waals surface area contributed by atoms with Gasteiger partial charge in [-0.15, -0.1) is 11.8 Å². The van der Waals surface area contributed by atoms with E-state index in [4.69, 9.17) is 0 Å². The van der Waals surface area contributed by atoms with Gasteiger partial charge in [0, 0.05) is 10.5 Å². The van der Waals surface area contributed by atoms with Gasteiger partial charge in [0.05, 0.1) is 0 Å². The highest BCUT2D eigenvalue weighted by atomic mass is 32.2. The largest absolute Gasteiger partial charge is 0.506 e. The molecular formula is C13H12OS. The fraction of sp³-hybridized carbons (Fsp3) is 0.0769. The highest BCUT2D eigenvalue weighted by Gasteiger charge is 2.06. The Bertz CT molecular complexity index is 451. The molecule has 2 aromatic carbocycles. The lowest BCUT2D eigenvalue weighted by Crippen LogP contribution is -1.80. The molecule has 0 atom stereocenters. The molecular weight excluding hydrogens is 204 g/mol. The Labute approximate surface area is 93.8 Å². The van der Waals surface area contributed by atoms with Crippen molar-refractivity contribution in [3.05, 3.63) is 48.5 Å². The van der Waals surface area contributed by atoms with E-state index >= 15 is 0 Å². The Hall–Kier alpha value is -1.41. The molecule has 0 aliphatic carbocycles. The second-order valence-electron chi connectivity index (χ2n) is 3.22. The van der Waals surface area contributed by atoms with Crippen LogP contribution in [0.1, 0.15) is 0 Å². The third-order valence-corrected chi connectivity index (χ3v) is 3.07. The normalized spacial score (nSPS) is 10.2. The molecule has 0 amide bonds. The predicted molar refractivity (Wildman–Crippen MR) is 65.3 cm³/mol. The summed E-state index contributed by atoms with van der Waals surface area (Å²) < 4.78 is 0. The topological polar surface area (TPSA) is 20.2 Å². The van der Waals surface area contributed by atoms with Crippen molar-refractivity contribution < 1.29 is 5.11 Å². The van der Waals surface area contributed by atoms with E-state index in [9.17, 15) is 5.11 Å². The SMILES string of the molecule is CSc1cccc(-c2ccccc2)c1O. The molecule has 0 aromatic heterocycles. The van der Waals surface area contributed by atoms with Gasteiger partial charge < -0.3 is 5.11 Å². The zero-order valence-corrected chi connectivity index (χ0v) is 9.29. The maximum atomic E-state index is 10.0. The number of hydrogen-bond acceptors (Lipinski definition) is 2. The monoisotopic (exact) mass is 216 g/mol. The highest BCUT2D eigenvalue weighted by molar-refractivity contribution is 7.98. The molecule has 76 valence electrons. The molecule has 1 nitrogen and oxygen atoms in total. The van der Waals surface area contributed by atoms with Crippen LogP contribution in [0, 0.1) is 0 Å². The van der Waals surface area contributed by atoms with E-state index in [0.717, 1.165) is 16.0 Å². The van der Waals surface area contributed by atoms with Crippen molar-refractivity contribution in [3.63, 3.8) is 0 Å². The Morgan fingerprint density at radius 3 is 2.33 bits per heavy atom. The van der Waals surface area contributed by atoms with Crippen LogP contribution in [0.3, 0.4) is 0 Å². The van der Waals surface area contributed by atoms with Crippen LogP contribution >= 0.6 is 11.8 Å². The summed E-state index contributed by atoms with van der Waals surface area (Å²) in [6, 6.07) is 15.7. The van der Waals surface area contributed by atoms with E-state index < -0.39 is 0 Å². The smallest absolute Gasteiger partial charge is 0.136 e. The van der Waals surface area contributed by atoms with Crippen molar-refractivity contribution in [2.45, 2.75) is 4.90 Å². The van der Waals surface area contributed by atoms with Gasteiger partial charge in [0.15, 0.2) is 0 Å². The van der Waals surface area contributed by atoms with Crippen LogP contribution in [-0.4, -0.2) is 11.4 Å². The van der Waals surface area contributed by atoms with Gasteiger partial charge in [-0.2, -0.15) is 0 Å². The number of para-hydroxylation sites is 1. The van der Waals surface area contributed by atoms with Gasteiger partial charge in [0.2, 0.25) is 0 Å². The molecule has 2 aromatic rings. The van der Waals surface area contributed by atoms with Gasteiger partial charge in [0.25, 0.3) is 0 Å². The van der Waals surface area contributed by atoms with Crippen molar-refractivity contribution in [2.75, 3.05) is 6.26 Å². The first kappa shape index (κ1) is 10.1. The van der Waals surface area contributed by atoms with Crippen molar-refractivity contribution >= 4 is 11.8 Å². The Kier molecular flexibility index (Phi) is 2.97. The molecule has 0 aliphatic rings. The minimum atomic E-state index is 0.371. The number of thioether (sulfide) groups is 1. The van der Waals surface area contributed by atoms with Crippen LogP contribution in [-0.2, 0) is 0 Å². The maximum absolute atomic E-state index is 10.0. The molecule has 0 heterocycles. The Morgan fingerprint density at radius 2 is 1.67 bits per heavy atom. The van der Waals surface area contributed by atoms with Gasteiger partial charge in [0.1, 0.15) is 5.75 Å². The summed E-state index contributed by atoms with van der Waals surface area (Å²) in [5, 5.41) is 10.0. The van der Waals surface area contributed by atoms with Crippen molar-refractivity contribution in [3.8, 4) is 16.9 Å². The van der Waals surface area contributed by atoms with E-state index in [1.54, 1.807) is 11.8 Å². The van der Waals surface area contributed by atoms with Gasteiger partial charge in [-0.1, -0.05) is 42.5 Å². The second kappa shape index (κ2) is 4.41. The van der Waals surface area contributed by atoms with E-state index in [2.05, 4.69) is 0 Å². The lowest BCUT2D eigenvalue weighted by molar-refractivity contribution is 0.464. The summed E-state index contributed by atoms with van der Waals surface area (Å²) in [5.41, 5.74) is 1.94. The van der Waals surface area contributed by atoms with Gasteiger partial charge in [-0.05, 0) is 17.9 Å². The molecule has 0 saturated carbocycles. The zero-order valence-electron chi connectivity index (χ0n) is 8.47.